The predicted molar refractivity (Wildman–Crippen MR) is 61.9 cm³/mol. The first kappa shape index (κ1) is 12.6. The van der Waals surface area contributed by atoms with Crippen LogP contribution in [0.2, 0.25) is 0 Å². The third-order valence-electron chi connectivity index (χ3n) is 1.98. The number of ether oxygens (including phenoxy) is 1. The van der Waals surface area contributed by atoms with Gasteiger partial charge in [0.05, 0.1) is 11.4 Å². The quantitative estimate of drug-likeness (QED) is 0.524. The molecule has 0 unspecified atom stereocenters. The highest BCUT2D eigenvalue weighted by molar-refractivity contribution is 7.85. The Kier molecular flexibility index (Phi) is 3.61. The van der Waals surface area contributed by atoms with E-state index in [2.05, 4.69) is 0 Å². The Balaban J connectivity index is 2.71. The Morgan fingerprint density at radius 3 is 2.44 bits per heavy atom. The van der Waals surface area contributed by atoms with Crippen LogP contribution in [0, 0.1) is 6.92 Å². The van der Waals surface area contributed by atoms with Crippen LogP contribution < -0.4 is 16.2 Å². The molecule has 0 fully saturated rings. The molecule has 0 aliphatic heterocycles. The Morgan fingerprint density at radius 2 is 1.88 bits per heavy atom. The van der Waals surface area contributed by atoms with Crippen molar-refractivity contribution in [2.24, 2.45) is 0 Å². The van der Waals surface area contributed by atoms with E-state index >= 15 is 0 Å². The maximum Gasteiger partial charge on any atom is 0.268 e. The lowest BCUT2D eigenvalue weighted by molar-refractivity contribution is 0.334. The number of hydrogen-bond acceptors (Lipinski definition) is 5. The minimum atomic E-state index is -4.01. The summed E-state index contributed by atoms with van der Waals surface area (Å²) in [4.78, 5) is 0. The summed E-state index contributed by atoms with van der Waals surface area (Å²) in [5.41, 5.74) is 12.7. The molecule has 5 N–H and O–H groups in total. The number of nitrogen functional groups attached to an aromatic ring is 2. The monoisotopic (exact) mass is 246 g/mol. The van der Waals surface area contributed by atoms with Crippen molar-refractivity contribution in [2.75, 3.05) is 23.8 Å². The molecule has 6 nitrogen and oxygen atoms in total. The summed E-state index contributed by atoms with van der Waals surface area (Å²) in [6, 6.07) is 3.16. The first-order valence-electron chi connectivity index (χ1n) is 4.53. The van der Waals surface area contributed by atoms with Crippen molar-refractivity contribution in [1.29, 1.82) is 0 Å². The van der Waals surface area contributed by atoms with Crippen LogP contribution in [0.25, 0.3) is 0 Å². The zero-order valence-electron chi connectivity index (χ0n) is 8.80. The van der Waals surface area contributed by atoms with E-state index in [1.54, 1.807) is 13.0 Å². The lowest BCUT2D eigenvalue weighted by Gasteiger charge is -2.10. The Bertz CT molecular complexity index is 485. The molecular weight excluding hydrogens is 232 g/mol. The molecule has 1 rings (SSSR count). The highest BCUT2D eigenvalue weighted by Crippen LogP contribution is 2.26. The normalized spacial score (nSPS) is 11.4. The number of benzene rings is 1. The lowest BCUT2D eigenvalue weighted by Crippen LogP contribution is -2.13. The fourth-order valence-corrected chi connectivity index (χ4v) is 1.43. The van der Waals surface area contributed by atoms with Gasteiger partial charge in [-0.25, -0.2) is 0 Å². The van der Waals surface area contributed by atoms with Gasteiger partial charge in [0, 0.05) is 6.07 Å². The van der Waals surface area contributed by atoms with Crippen molar-refractivity contribution in [3.63, 3.8) is 0 Å². The largest absolute Gasteiger partial charge is 0.492 e. The van der Waals surface area contributed by atoms with Gasteiger partial charge >= 0.3 is 0 Å². The van der Waals surface area contributed by atoms with Gasteiger partial charge < -0.3 is 16.2 Å². The summed E-state index contributed by atoms with van der Waals surface area (Å²) >= 11 is 0. The Labute approximate surface area is 93.9 Å². The number of anilines is 2. The zero-order valence-corrected chi connectivity index (χ0v) is 9.62. The maximum atomic E-state index is 10.5. The van der Waals surface area contributed by atoms with E-state index in [1.807, 2.05) is 0 Å². The van der Waals surface area contributed by atoms with Crippen LogP contribution >= 0.6 is 0 Å². The zero-order chi connectivity index (χ0) is 12.3. The van der Waals surface area contributed by atoms with Crippen LogP contribution in [0.1, 0.15) is 5.56 Å². The molecule has 1 aromatic rings. The second-order valence-electron chi connectivity index (χ2n) is 3.38. The van der Waals surface area contributed by atoms with E-state index in [0.29, 0.717) is 17.1 Å². The summed E-state index contributed by atoms with van der Waals surface area (Å²) in [6.07, 6.45) is 0. The Hall–Kier alpha value is -1.47. The Morgan fingerprint density at radius 1 is 1.31 bits per heavy atom. The summed E-state index contributed by atoms with van der Waals surface area (Å²) in [5.74, 6) is -0.00756. The van der Waals surface area contributed by atoms with E-state index in [9.17, 15) is 8.42 Å². The van der Waals surface area contributed by atoms with Crippen molar-refractivity contribution in [3.05, 3.63) is 17.7 Å². The van der Waals surface area contributed by atoms with Crippen molar-refractivity contribution >= 4 is 21.5 Å². The van der Waals surface area contributed by atoms with Gasteiger partial charge in [-0.15, -0.1) is 0 Å². The van der Waals surface area contributed by atoms with Crippen molar-refractivity contribution in [2.45, 2.75) is 6.92 Å². The van der Waals surface area contributed by atoms with E-state index < -0.39 is 15.9 Å². The number of hydrogen-bond donors (Lipinski definition) is 3. The first-order chi connectivity index (χ1) is 7.29. The van der Waals surface area contributed by atoms with Gasteiger partial charge in [0.1, 0.15) is 18.1 Å². The van der Waals surface area contributed by atoms with Crippen LogP contribution in [0.15, 0.2) is 12.1 Å². The summed E-state index contributed by atoms with van der Waals surface area (Å²) in [6.45, 7) is 1.63. The first-order valence-corrected chi connectivity index (χ1v) is 6.14. The van der Waals surface area contributed by atoms with Crippen molar-refractivity contribution < 1.29 is 17.7 Å². The molecule has 0 aliphatic rings. The topological polar surface area (TPSA) is 116 Å². The van der Waals surface area contributed by atoms with Crippen LogP contribution in [-0.4, -0.2) is 25.3 Å². The van der Waals surface area contributed by atoms with Gasteiger partial charge in [-0.2, -0.15) is 8.42 Å². The third kappa shape index (κ3) is 3.59. The fourth-order valence-electron chi connectivity index (χ4n) is 1.14. The molecule has 90 valence electrons. The molecule has 0 heterocycles. The summed E-state index contributed by atoms with van der Waals surface area (Å²) in [7, 11) is -4.01. The van der Waals surface area contributed by atoms with Gasteiger partial charge in [0.2, 0.25) is 0 Å². The molecule has 0 amide bonds. The van der Waals surface area contributed by atoms with E-state index in [4.69, 9.17) is 20.8 Å². The third-order valence-corrected chi connectivity index (χ3v) is 2.66. The minimum Gasteiger partial charge on any atom is -0.492 e. The number of aryl methyl sites for hydroxylation is 1. The van der Waals surface area contributed by atoms with Crippen LogP contribution in [0.3, 0.4) is 0 Å². The van der Waals surface area contributed by atoms with E-state index in [-0.39, 0.29) is 6.61 Å². The fraction of sp³-hybridized carbons (Fsp3) is 0.333. The van der Waals surface area contributed by atoms with Crippen molar-refractivity contribution in [3.8, 4) is 5.75 Å². The summed E-state index contributed by atoms with van der Waals surface area (Å²) < 4.78 is 34.6. The van der Waals surface area contributed by atoms with E-state index in [1.165, 1.54) is 6.07 Å². The van der Waals surface area contributed by atoms with Crippen LogP contribution in [-0.2, 0) is 10.1 Å². The molecule has 0 aliphatic carbocycles. The maximum absolute atomic E-state index is 10.5. The van der Waals surface area contributed by atoms with Gasteiger partial charge in [-0.1, -0.05) is 0 Å². The SMILES string of the molecule is Cc1cc(N)c(N)cc1OCCS(=O)(=O)O. The minimum absolute atomic E-state index is 0.136. The van der Waals surface area contributed by atoms with E-state index in [0.717, 1.165) is 5.56 Å². The molecule has 16 heavy (non-hydrogen) atoms. The highest BCUT2D eigenvalue weighted by atomic mass is 32.2. The van der Waals surface area contributed by atoms with Crippen LogP contribution in [0.5, 0.6) is 5.75 Å². The molecule has 0 radical (unpaired) electrons. The molecule has 0 atom stereocenters. The smallest absolute Gasteiger partial charge is 0.268 e. The standard InChI is InChI=1S/C9H14N2O4S/c1-6-4-7(10)8(11)5-9(6)15-2-3-16(12,13)14/h4-5H,2-3,10-11H2,1H3,(H,12,13,14). The number of rotatable bonds is 4. The molecular formula is C9H14N2O4S. The van der Waals surface area contributed by atoms with Crippen LogP contribution in [0.4, 0.5) is 11.4 Å². The average molecular weight is 246 g/mol. The van der Waals surface area contributed by atoms with Gasteiger partial charge in [0.15, 0.2) is 0 Å². The molecule has 0 spiro atoms. The molecule has 0 aromatic heterocycles. The summed E-state index contributed by atoms with van der Waals surface area (Å²) in [5, 5.41) is 0. The second kappa shape index (κ2) is 4.58. The predicted octanol–water partition coefficient (Wildman–Crippen LogP) is 0.426. The molecule has 0 bridgehead atoms. The van der Waals surface area contributed by atoms with Gasteiger partial charge in [0.25, 0.3) is 10.1 Å². The molecule has 0 saturated carbocycles. The number of nitrogens with two attached hydrogens (primary N) is 2. The molecule has 0 saturated heterocycles. The van der Waals surface area contributed by atoms with Gasteiger partial charge in [-0.3, -0.25) is 4.55 Å². The molecule has 1 aromatic carbocycles. The van der Waals surface area contributed by atoms with Gasteiger partial charge in [-0.05, 0) is 18.6 Å². The average Bonchev–Trinajstić information content (AvgIpc) is 2.11. The highest BCUT2D eigenvalue weighted by Gasteiger charge is 2.07. The lowest BCUT2D eigenvalue weighted by atomic mass is 10.2. The molecule has 7 heteroatoms. The van der Waals surface area contributed by atoms with Crippen molar-refractivity contribution in [1.82, 2.24) is 0 Å². The second-order valence-corrected chi connectivity index (χ2v) is 4.95.